The molecule has 1 N–H and O–H groups in total. The molecular formula is C14H23NO3. The maximum absolute atomic E-state index is 5.48. The summed E-state index contributed by atoms with van der Waals surface area (Å²) in [6.07, 6.45) is -0.207. The molecule has 0 bridgehead atoms. The molecule has 0 radical (unpaired) electrons. The Balaban J connectivity index is 2.55. The molecule has 1 rings (SSSR count). The first-order valence-electron chi connectivity index (χ1n) is 6.33. The van der Waals surface area contributed by atoms with E-state index in [0.717, 1.165) is 17.0 Å². The number of anilines is 1. The summed E-state index contributed by atoms with van der Waals surface area (Å²) in [7, 11) is 1.67. The molecule has 0 saturated carbocycles. The van der Waals surface area contributed by atoms with Crippen molar-refractivity contribution in [2.24, 2.45) is 0 Å². The summed E-state index contributed by atoms with van der Waals surface area (Å²) in [6, 6.07) is 5.94. The van der Waals surface area contributed by atoms with Gasteiger partial charge < -0.3 is 19.5 Å². The Morgan fingerprint density at radius 3 is 2.33 bits per heavy atom. The SMILES string of the molecule is CCOC(CNc1ccc(OC)cc1C)OCC. The van der Waals surface area contributed by atoms with Crippen molar-refractivity contribution >= 4 is 5.69 Å². The van der Waals surface area contributed by atoms with E-state index in [2.05, 4.69) is 5.32 Å². The van der Waals surface area contributed by atoms with Crippen LogP contribution >= 0.6 is 0 Å². The number of rotatable bonds is 8. The van der Waals surface area contributed by atoms with Gasteiger partial charge in [0.25, 0.3) is 0 Å². The smallest absolute Gasteiger partial charge is 0.174 e. The van der Waals surface area contributed by atoms with Crippen LogP contribution in [0.1, 0.15) is 19.4 Å². The van der Waals surface area contributed by atoms with Gasteiger partial charge in [0.2, 0.25) is 0 Å². The van der Waals surface area contributed by atoms with Gasteiger partial charge in [0.05, 0.1) is 13.7 Å². The van der Waals surface area contributed by atoms with Gasteiger partial charge >= 0.3 is 0 Å². The summed E-state index contributed by atoms with van der Waals surface area (Å²) in [5.74, 6) is 0.865. The molecular weight excluding hydrogens is 230 g/mol. The maximum Gasteiger partial charge on any atom is 0.174 e. The Morgan fingerprint density at radius 1 is 1.17 bits per heavy atom. The van der Waals surface area contributed by atoms with E-state index in [-0.39, 0.29) is 6.29 Å². The minimum absolute atomic E-state index is 0.207. The Labute approximate surface area is 109 Å². The fourth-order valence-corrected chi connectivity index (χ4v) is 1.69. The van der Waals surface area contributed by atoms with Gasteiger partial charge in [0.15, 0.2) is 6.29 Å². The van der Waals surface area contributed by atoms with Gasteiger partial charge in [-0.25, -0.2) is 0 Å². The number of nitrogens with one attached hydrogen (secondary N) is 1. The zero-order chi connectivity index (χ0) is 13.4. The predicted octanol–water partition coefficient (Wildman–Crippen LogP) is 2.81. The third-order valence-corrected chi connectivity index (χ3v) is 2.60. The molecule has 1 aromatic rings. The Hall–Kier alpha value is -1.26. The van der Waals surface area contributed by atoms with Crippen LogP contribution in [0.15, 0.2) is 18.2 Å². The van der Waals surface area contributed by atoms with E-state index in [4.69, 9.17) is 14.2 Å². The molecule has 18 heavy (non-hydrogen) atoms. The van der Waals surface area contributed by atoms with E-state index in [0.29, 0.717) is 19.8 Å². The van der Waals surface area contributed by atoms with Gasteiger partial charge in [0, 0.05) is 18.9 Å². The quantitative estimate of drug-likeness (QED) is 0.723. The highest BCUT2D eigenvalue weighted by Crippen LogP contribution is 2.21. The number of hydrogen-bond donors (Lipinski definition) is 1. The fraction of sp³-hybridized carbons (Fsp3) is 0.571. The summed E-state index contributed by atoms with van der Waals surface area (Å²) in [5.41, 5.74) is 2.21. The summed E-state index contributed by atoms with van der Waals surface area (Å²) in [4.78, 5) is 0. The molecule has 0 fully saturated rings. The van der Waals surface area contributed by atoms with Gasteiger partial charge in [0.1, 0.15) is 5.75 Å². The molecule has 0 aliphatic heterocycles. The van der Waals surface area contributed by atoms with Crippen molar-refractivity contribution in [3.05, 3.63) is 23.8 Å². The van der Waals surface area contributed by atoms with Crippen LogP contribution in [-0.2, 0) is 9.47 Å². The monoisotopic (exact) mass is 253 g/mol. The normalized spacial score (nSPS) is 10.7. The summed E-state index contributed by atoms with van der Waals surface area (Å²) < 4.78 is 16.1. The van der Waals surface area contributed by atoms with Gasteiger partial charge in [-0.2, -0.15) is 0 Å². The molecule has 0 atom stereocenters. The molecule has 0 saturated heterocycles. The highest BCUT2D eigenvalue weighted by molar-refractivity contribution is 5.53. The Kier molecular flexibility index (Phi) is 6.54. The second kappa shape index (κ2) is 7.95. The van der Waals surface area contributed by atoms with Crippen LogP contribution in [0.2, 0.25) is 0 Å². The summed E-state index contributed by atoms with van der Waals surface area (Å²) in [5, 5.41) is 3.33. The molecule has 0 aromatic heterocycles. The van der Waals surface area contributed by atoms with E-state index in [9.17, 15) is 0 Å². The first-order chi connectivity index (χ1) is 8.71. The highest BCUT2D eigenvalue weighted by Gasteiger charge is 2.08. The van der Waals surface area contributed by atoms with Crippen molar-refractivity contribution in [3.63, 3.8) is 0 Å². The Bertz CT molecular complexity index is 349. The Morgan fingerprint density at radius 2 is 1.83 bits per heavy atom. The third-order valence-electron chi connectivity index (χ3n) is 2.60. The number of hydrogen-bond acceptors (Lipinski definition) is 4. The van der Waals surface area contributed by atoms with Crippen LogP contribution in [0.25, 0.3) is 0 Å². The molecule has 4 heteroatoms. The molecule has 0 heterocycles. The van der Waals surface area contributed by atoms with E-state index >= 15 is 0 Å². The van der Waals surface area contributed by atoms with E-state index in [1.807, 2.05) is 39.0 Å². The predicted molar refractivity (Wildman–Crippen MR) is 73.3 cm³/mol. The van der Waals surface area contributed by atoms with Crippen LogP contribution in [0.5, 0.6) is 5.75 Å². The lowest BCUT2D eigenvalue weighted by Crippen LogP contribution is -2.26. The van der Waals surface area contributed by atoms with E-state index < -0.39 is 0 Å². The van der Waals surface area contributed by atoms with Gasteiger partial charge in [-0.1, -0.05) is 0 Å². The standard InChI is InChI=1S/C14H23NO3/c1-5-17-14(18-6-2)10-15-13-8-7-12(16-4)9-11(13)3/h7-9,14-15H,5-6,10H2,1-4H3. The number of benzene rings is 1. The molecule has 0 aliphatic rings. The molecule has 0 spiro atoms. The summed E-state index contributed by atoms with van der Waals surface area (Å²) >= 11 is 0. The molecule has 0 aliphatic carbocycles. The second-order valence-corrected chi connectivity index (χ2v) is 3.90. The molecule has 0 unspecified atom stereocenters. The van der Waals surface area contributed by atoms with Crippen LogP contribution in [-0.4, -0.2) is 33.2 Å². The second-order valence-electron chi connectivity index (χ2n) is 3.90. The lowest BCUT2D eigenvalue weighted by Gasteiger charge is -2.19. The third kappa shape index (κ3) is 4.55. The van der Waals surface area contributed by atoms with Crippen LogP contribution < -0.4 is 10.1 Å². The largest absolute Gasteiger partial charge is 0.497 e. The first kappa shape index (κ1) is 14.8. The first-order valence-corrected chi connectivity index (χ1v) is 6.33. The molecule has 0 amide bonds. The van der Waals surface area contributed by atoms with Crippen LogP contribution in [0.4, 0.5) is 5.69 Å². The number of methoxy groups -OCH3 is 1. The number of aryl methyl sites for hydroxylation is 1. The van der Waals surface area contributed by atoms with E-state index in [1.165, 1.54) is 0 Å². The van der Waals surface area contributed by atoms with E-state index in [1.54, 1.807) is 7.11 Å². The van der Waals surface area contributed by atoms with Crippen molar-refractivity contribution in [2.75, 3.05) is 32.2 Å². The van der Waals surface area contributed by atoms with Crippen molar-refractivity contribution in [3.8, 4) is 5.75 Å². The average Bonchev–Trinajstić information content (AvgIpc) is 2.37. The van der Waals surface area contributed by atoms with Gasteiger partial charge in [-0.15, -0.1) is 0 Å². The lowest BCUT2D eigenvalue weighted by atomic mass is 10.2. The van der Waals surface area contributed by atoms with Crippen LogP contribution in [0.3, 0.4) is 0 Å². The summed E-state index contributed by atoms with van der Waals surface area (Å²) in [6.45, 7) is 7.90. The topological polar surface area (TPSA) is 39.7 Å². The minimum atomic E-state index is -0.207. The zero-order valence-electron chi connectivity index (χ0n) is 11.7. The van der Waals surface area contributed by atoms with Crippen molar-refractivity contribution in [1.82, 2.24) is 0 Å². The lowest BCUT2D eigenvalue weighted by molar-refractivity contribution is -0.126. The average molecular weight is 253 g/mol. The fourth-order valence-electron chi connectivity index (χ4n) is 1.69. The van der Waals surface area contributed by atoms with Crippen molar-refractivity contribution < 1.29 is 14.2 Å². The van der Waals surface area contributed by atoms with Crippen molar-refractivity contribution in [1.29, 1.82) is 0 Å². The van der Waals surface area contributed by atoms with Crippen molar-refractivity contribution in [2.45, 2.75) is 27.1 Å². The molecule has 4 nitrogen and oxygen atoms in total. The van der Waals surface area contributed by atoms with Crippen LogP contribution in [0, 0.1) is 6.92 Å². The molecule has 1 aromatic carbocycles. The van der Waals surface area contributed by atoms with Gasteiger partial charge in [-0.3, -0.25) is 0 Å². The minimum Gasteiger partial charge on any atom is -0.497 e. The van der Waals surface area contributed by atoms with Gasteiger partial charge in [-0.05, 0) is 44.5 Å². The zero-order valence-corrected chi connectivity index (χ0v) is 11.7. The number of ether oxygens (including phenoxy) is 3. The molecule has 102 valence electrons. The maximum atomic E-state index is 5.48. The highest BCUT2D eigenvalue weighted by atomic mass is 16.7.